The molecule has 6 nitrogen and oxygen atoms in total. The Morgan fingerprint density at radius 1 is 1.17 bits per heavy atom. The monoisotopic (exact) mass is 415 g/mol. The number of amides is 1. The van der Waals surface area contributed by atoms with Crippen LogP contribution in [0.25, 0.3) is 0 Å². The maximum Gasteiger partial charge on any atom is 0.290 e. The van der Waals surface area contributed by atoms with E-state index in [0.717, 1.165) is 5.56 Å². The number of aliphatic hydroxyl groups excluding tert-OH is 1. The summed E-state index contributed by atoms with van der Waals surface area (Å²) in [5, 5.41) is 12.4. The van der Waals surface area contributed by atoms with Crippen molar-refractivity contribution in [3.63, 3.8) is 0 Å². The number of carbonyl (C=O) groups is 2. The quantitative estimate of drug-likeness (QED) is 0.466. The third kappa shape index (κ3) is 4.52. The van der Waals surface area contributed by atoms with Crippen LogP contribution in [0.15, 0.2) is 53.1 Å². The molecule has 1 aliphatic rings. The summed E-state index contributed by atoms with van der Waals surface area (Å²) in [5.74, 6) is -0.612. The Bertz CT molecular complexity index is 873. The molecule has 2 aromatic rings. The number of thiophene rings is 1. The zero-order valence-corrected chi connectivity index (χ0v) is 17.4. The summed E-state index contributed by atoms with van der Waals surface area (Å²) in [4.78, 5) is 28.0. The first-order valence-electron chi connectivity index (χ1n) is 9.71. The zero-order valence-electron chi connectivity index (χ0n) is 16.6. The van der Waals surface area contributed by atoms with Crippen molar-refractivity contribution < 1.29 is 24.2 Å². The fourth-order valence-electron chi connectivity index (χ4n) is 3.40. The molecule has 1 amide bonds. The summed E-state index contributed by atoms with van der Waals surface area (Å²) in [6, 6.07) is 10.1. The van der Waals surface area contributed by atoms with Crippen molar-refractivity contribution in [2.75, 3.05) is 26.4 Å². The summed E-state index contributed by atoms with van der Waals surface area (Å²) in [6.45, 7) is 5.85. The maximum absolute atomic E-state index is 13.1. The lowest BCUT2D eigenvalue weighted by Crippen LogP contribution is -2.32. The van der Waals surface area contributed by atoms with Gasteiger partial charge in [0.1, 0.15) is 5.75 Å². The molecule has 0 aliphatic carbocycles. The van der Waals surface area contributed by atoms with E-state index in [1.54, 1.807) is 22.4 Å². The summed E-state index contributed by atoms with van der Waals surface area (Å²) in [7, 11) is 0. The highest BCUT2D eigenvalue weighted by Gasteiger charge is 2.43. The number of rotatable bonds is 10. The average Bonchev–Trinajstić information content (AvgIpc) is 3.34. The van der Waals surface area contributed by atoms with Crippen molar-refractivity contribution in [2.45, 2.75) is 26.3 Å². The highest BCUT2D eigenvalue weighted by molar-refractivity contribution is 7.12. The molecule has 0 radical (unpaired) electrons. The second-order valence-electron chi connectivity index (χ2n) is 6.52. The molecule has 7 heteroatoms. The van der Waals surface area contributed by atoms with Gasteiger partial charge in [-0.2, -0.15) is 0 Å². The van der Waals surface area contributed by atoms with Gasteiger partial charge in [0.25, 0.3) is 5.91 Å². The smallest absolute Gasteiger partial charge is 0.290 e. The van der Waals surface area contributed by atoms with Crippen LogP contribution in [-0.4, -0.2) is 48.1 Å². The Morgan fingerprint density at radius 3 is 2.55 bits per heavy atom. The maximum atomic E-state index is 13.1. The molecule has 0 saturated heterocycles. The Kier molecular flexibility index (Phi) is 7.06. The topological polar surface area (TPSA) is 76.1 Å². The van der Waals surface area contributed by atoms with Crippen molar-refractivity contribution in [3.05, 3.63) is 63.6 Å². The van der Waals surface area contributed by atoms with Gasteiger partial charge in [-0.25, -0.2) is 0 Å². The van der Waals surface area contributed by atoms with Crippen molar-refractivity contribution in [2.24, 2.45) is 0 Å². The van der Waals surface area contributed by atoms with E-state index in [1.165, 1.54) is 11.3 Å². The molecule has 0 saturated carbocycles. The Hall–Kier alpha value is -2.64. The lowest BCUT2D eigenvalue weighted by atomic mass is 9.95. The minimum atomic E-state index is -0.644. The van der Waals surface area contributed by atoms with Crippen LogP contribution in [0, 0.1) is 0 Å². The number of nitrogens with zero attached hydrogens (tertiary/aromatic N) is 1. The molecule has 1 aliphatic heterocycles. The Labute approximate surface area is 174 Å². The standard InChI is InChI=1S/C22H25NO5S/c1-3-27-13-6-12-23-19(15-8-10-16(11-9-15)28-4-2)18(21(25)22(23)26)20(24)17-7-5-14-29-17/h5,7-11,14,19,25H,3-4,6,12-13H2,1-2H3/t19-/m0/s1. The number of ether oxygens (including phenoxy) is 2. The highest BCUT2D eigenvalue weighted by Crippen LogP contribution is 2.40. The molecule has 0 spiro atoms. The first kappa shape index (κ1) is 21.1. The van der Waals surface area contributed by atoms with Crippen LogP contribution in [0.5, 0.6) is 5.75 Å². The second-order valence-corrected chi connectivity index (χ2v) is 7.47. The predicted octanol–water partition coefficient (Wildman–Crippen LogP) is 4.15. The SMILES string of the molecule is CCOCCCN1C(=O)C(O)=C(C(=O)c2cccs2)[C@@H]1c1ccc(OCC)cc1. The molecular weight excluding hydrogens is 390 g/mol. The number of hydrogen-bond donors (Lipinski definition) is 1. The van der Waals surface area contributed by atoms with E-state index >= 15 is 0 Å². The molecule has 1 aromatic carbocycles. The van der Waals surface area contributed by atoms with Crippen molar-refractivity contribution >= 4 is 23.0 Å². The molecule has 1 N–H and O–H groups in total. The van der Waals surface area contributed by atoms with Crippen LogP contribution in [0.3, 0.4) is 0 Å². The lowest BCUT2D eigenvalue weighted by molar-refractivity contribution is -0.129. The molecule has 154 valence electrons. The van der Waals surface area contributed by atoms with Gasteiger partial charge in [0.05, 0.1) is 23.1 Å². The molecule has 0 bridgehead atoms. The minimum Gasteiger partial charge on any atom is -0.503 e. The number of carbonyl (C=O) groups excluding carboxylic acids is 2. The molecule has 0 fully saturated rings. The van der Waals surface area contributed by atoms with Crippen molar-refractivity contribution in [3.8, 4) is 5.75 Å². The van der Waals surface area contributed by atoms with E-state index in [4.69, 9.17) is 9.47 Å². The Morgan fingerprint density at radius 2 is 1.93 bits per heavy atom. The van der Waals surface area contributed by atoms with E-state index in [9.17, 15) is 14.7 Å². The van der Waals surface area contributed by atoms with Crippen molar-refractivity contribution in [1.82, 2.24) is 4.90 Å². The van der Waals surface area contributed by atoms with Gasteiger partial charge < -0.3 is 19.5 Å². The van der Waals surface area contributed by atoms with E-state index < -0.39 is 17.7 Å². The summed E-state index contributed by atoms with van der Waals surface area (Å²) in [5.41, 5.74) is 0.875. The molecule has 1 atom stereocenters. The third-order valence-electron chi connectivity index (χ3n) is 4.69. The van der Waals surface area contributed by atoms with Crippen LogP contribution < -0.4 is 4.74 Å². The van der Waals surface area contributed by atoms with Gasteiger partial charge in [0.2, 0.25) is 5.78 Å². The van der Waals surface area contributed by atoms with Gasteiger partial charge in [0.15, 0.2) is 5.76 Å². The fraction of sp³-hybridized carbons (Fsp3) is 0.364. The van der Waals surface area contributed by atoms with Gasteiger partial charge in [0, 0.05) is 19.8 Å². The van der Waals surface area contributed by atoms with Crippen LogP contribution in [0.4, 0.5) is 0 Å². The molecule has 2 heterocycles. The van der Waals surface area contributed by atoms with Gasteiger partial charge in [-0.1, -0.05) is 18.2 Å². The van der Waals surface area contributed by atoms with Crippen LogP contribution in [0.2, 0.25) is 0 Å². The zero-order chi connectivity index (χ0) is 20.8. The summed E-state index contributed by atoms with van der Waals surface area (Å²) < 4.78 is 10.9. The molecule has 0 unspecified atom stereocenters. The van der Waals surface area contributed by atoms with Gasteiger partial charge in [-0.05, 0) is 49.4 Å². The van der Waals surface area contributed by atoms with E-state index in [-0.39, 0.29) is 11.4 Å². The number of benzene rings is 1. The van der Waals surface area contributed by atoms with Crippen LogP contribution in [-0.2, 0) is 9.53 Å². The Balaban J connectivity index is 1.95. The van der Waals surface area contributed by atoms with Crippen LogP contribution >= 0.6 is 11.3 Å². The van der Waals surface area contributed by atoms with E-state index in [2.05, 4.69) is 0 Å². The second kappa shape index (κ2) is 9.71. The van der Waals surface area contributed by atoms with E-state index in [0.29, 0.717) is 43.4 Å². The lowest BCUT2D eigenvalue weighted by Gasteiger charge is -2.27. The minimum absolute atomic E-state index is 0.123. The number of aliphatic hydroxyl groups is 1. The molecule has 1 aromatic heterocycles. The normalized spacial score (nSPS) is 16.6. The third-order valence-corrected chi connectivity index (χ3v) is 5.56. The van der Waals surface area contributed by atoms with Crippen molar-refractivity contribution in [1.29, 1.82) is 0 Å². The molecule has 3 rings (SSSR count). The fourth-order valence-corrected chi connectivity index (χ4v) is 4.08. The number of hydrogen-bond acceptors (Lipinski definition) is 6. The number of Topliss-reactive ketones (excluding diaryl/α,β-unsaturated/α-hetero) is 1. The highest BCUT2D eigenvalue weighted by atomic mass is 32.1. The molecular formula is C22H25NO5S. The van der Waals surface area contributed by atoms with Gasteiger partial charge in [-0.15, -0.1) is 11.3 Å². The first-order chi connectivity index (χ1) is 14.1. The molecule has 29 heavy (non-hydrogen) atoms. The summed E-state index contributed by atoms with van der Waals surface area (Å²) >= 11 is 1.29. The summed E-state index contributed by atoms with van der Waals surface area (Å²) in [6.07, 6.45) is 0.612. The largest absolute Gasteiger partial charge is 0.503 e. The number of ketones is 1. The van der Waals surface area contributed by atoms with Gasteiger partial charge >= 0.3 is 0 Å². The first-order valence-corrected chi connectivity index (χ1v) is 10.6. The van der Waals surface area contributed by atoms with Crippen LogP contribution in [0.1, 0.15) is 41.5 Å². The van der Waals surface area contributed by atoms with Gasteiger partial charge in [-0.3, -0.25) is 9.59 Å². The van der Waals surface area contributed by atoms with E-state index in [1.807, 2.05) is 38.1 Å². The predicted molar refractivity (Wildman–Crippen MR) is 111 cm³/mol. The average molecular weight is 416 g/mol.